The van der Waals surface area contributed by atoms with Gasteiger partial charge in [0, 0.05) is 20.1 Å². The Morgan fingerprint density at radius 3 is 2.33 bits per heavy atom. The van der Waals surface area contributed by atoms with Crippen LogP contribution in [0.5, 0.6) is 0 Å². The van der Waals surface area contributed by atoms with Crippen molar-refractivity contribution < 1.29 is 9.57 Å². The monoisotopic (exact) mass is 219 g/mol. The summed E-state index contributed by atoms with van der Waals surface area (Å²) >= 11 is 0. The van der Waals surface area contributed by atoms with Crippen LogP contribution in [0, 0.1) is 0 Å². The van der Waals surface area contributed by atoms with Crippen LogP contribution in [0.15, 0.2) is 0 Å². The predicted molar refractivity (Wildman–Crippen MR) is 61.9 cm³/mol. The van der Waals surface area contributed by atoms with Gasteiger partial charge in [-0.1, -0.05) is 6.92 Å². The van der Waals surface area contributed by atoms with Crippen molar-refractivity contribution in [2.24, 2.45) is 0 Å². The normalized spacial score (nSPS) is 10.8. The van der Waals surface area contributed by atoms with Gasteiger partial charge < -0.3 is 20.2 Å². The van der Waals surface area contributed by atoms with E-state index < -0.39 is 0 Å². The van der Waals surface area contributed by atoms with E-state index in [0.717, 1.165) is 52.4 Å². The Labute approximate surface area is 92.9 Å². The summed E-state index contributed by atoms with van der Waals surface area (Å²) in [5, 5.41) is 6.49. The quantitative estimate of drug-likeness (QED) is 0.312. The van der Waals surface area contributed by atoms with E-state index in [4.69, 9.17) is 9.57 Å². The molecule has 5 nitrogen and oxygen atoms in total. The molecule has 3 N–H and O–H groups in total. The van der Waals surface area contributed by atoms with E-state index in [-0.39, 0.29) is 0 Å². The van der Waals surface area contributed by atoms with Gasteiger partial charge in [0.15, 0.2) is 0 Å². The van der Waals surface area contributed by atoms with Crippen molar-refractivity contribution in [3.8, 4) is 0 Å². The van der Waals surface area contributed by atoms with Gasteiger partial charge in [0.05, 0.1) is 19.8 Å². The first-order chi connectivity index (χ1) is 7.41. The number of hydrogen-bond acceptors (Lipinski definition) is 5. The SMILES string of the molecule is CCNCCOCCNCCCONC. The molecule has 15 heavy (non-hydrogen) atoms. The summed E-state index contributed by atoms with van der Waals surface area (Å²) < 4.78 is 5.39. The number of rotatable bonds is 12. The Morgan fingerprint density at radius 2 is 1.67 bits per heavy atom. The maximum absolute atomic E-state index is 5.39. The Morgan fingerprint density at radius 1 is 0.933 bits per heavy atom. The average Bonchev–Trinajstić information content (AvgIpc) is 2.26. The second kappa shape index (κ2) is 13.8. The molecule has 0 aliphatic heterocycles. The van der Waals surface area contributed by atoms with Crippen LogP contribution in [0.1, 0.15) is 13.3 Å². The summed E-state index contributed by atoms with van der Waals surface area (Å²) in [5.74, 6) is 0. The van der Waals surface area contributed by atoms with Crippen molar-refractivity contribution in [2.75, 3.05) is 53.0 Å². The fraction of sp³-hybridized carbons (Fsp3) is 1.00. The maximum atomic E-state index is 5.39. The molecule has 0 radical (unpaired) electrons. The molecule has 0 aliphatic carbocycles. The minimum absolute atomic E-state index is 0.741. The van der Waals surface area contributed by atoms with Gasteiger partial charge >= 0.3 is 0 Å². The molecule has 0 rings (SSSR count). The number of nitrogens with one attached hydrogen (secondary N) is 3. The smallest absolute Gasteiger partial charge is 0.0694 e. The largest absolute Gasteiger partial charge is 0.379 e. The molecule has 5 heteroatoms. The second-order valence-corrected chi connectivity index (χ2v) is 3.12. The average molecular weight is 219 g/mol. The minimum atomic E-state index is 0.741. The van der Waals surface area contributed by atoms with Gasteiger partial charge in [-0.05, 0) is 19.5 Å². The first-order valence-corrected chi connectivity index (χ1v) is 5.69. The molecule has 0 aliphatic rings. The van der Waals surface area contributed by atoms with Crippen molar-refractivity contribution in [3.05, 3.63) is 0 Å². The summed E-state index contributed by atoms with van der Waals surface area (Å²) in [6.07, 6.45) is 1.01. The molecule has 0 aromatic rings. The second-order valence-electron chi connectivity index (χ2n) is 3.12. The summed E-state index contributed by atoms with van der Waals surface area (Å²) in [5.41, 5.74) is 2.64. The van der Waals surface area contributed by atoms with E-state index in [1.165, 1.54) is 0 Å². The van der Waals surface area contributed by atoms with E-state index >= 15 is 0 Å². The van der Waals surface area contributed by atoms with E-state index in [2.05, 4.69) is 23.0 Å². The summed E-state index contributed by atoms with van der Waals surface area (Å²) in [6.45, 7) is 8.22. The molecule has 0 aromatic carbocycles. The van der Waals surface area contributed by atoms with Gasteiger partial charge in [-0.2, -0.15) is 0 Å². The predicted octanol–water partition coefficient (Wildman–Crippen LogP) is -0.257. The topological polar surface area (TPSA) is 54.5 Å². The van der Waals surface area contributed by atoms with Gasteiger partial charge in [-0.3, -0.25) is 0 Å². The fourth-order valence-corrected chi connectivity index (χ4v) is 1.06. The molecule has 0 heterocycles. The van der Waals surface area contributed by atoms with E-state index in [0.29, 0.717) is 0 Å². The standard InChI is InChI=1S/C10H25N3O2/c1-3-12-6-9-14-10-7-13-5-4-8-15-11-2/h11-13H,3-10H2,1-2H3. The lowest BCUT2D eigenvalue weighted by Gasteiger charge is -2.06. The van der Waals surface area contributed by atoms with Crippen LogP contribution in [0.4, 0.5) is 0 Å². The lowest BCUT2D eigenvalue weighted by atomic mass is 10.4. The highest BCUT2D eigenvalue weighted by molar-refractivity contribution is 4.47. The Balaban J connectivity index is 2.81. The number of likely N-dealkylation sites (N-methyl/N-ethyl adjacent to an activating group) is 1. The number of hydrogen-bond donors (Lipinski definition) is 3. The molecule has 0 aromatic heterocycles. The van der Waals surface area contributed by atoms with Crippen molar-refractivity contribution in [1.29, 1.82) is 0 Å². The van der Waals surface area contributed by atoms with Crippen LogP contribution in [-0.4, -0.2) is 53.0 Å². The van der Waals surface area contributed by atoms with Gasteiger partial charge in [-0.15, -0.1) is 0 Å². The highest BCUT2D eigenvalue weighted by atomic mass is 16.6. The first kappa shape index (κ1) is 14.8. The van der Waals surface area contributed by atoms with Gasteiger partial charge in [-0.25, -0.2) is 5.48 Å². The molecule has 0 atom stereocenters. The zero-order valence-electron chi connectivity index (χ0n) is 9.97. The zero-order chi connectivity index (χ0) is 11.2. The van der Waals surface area contributed by atoms with Crippen molar-refractivity contribution in [1.82, 2.24) is 16.1 Å². The zero-order valence-corrected chi connectivity index (χ0v) is 9.97. The van der Waals surface area contributed by atoms with E-state index in [9.17, 15) is 0 Å². The third-order valence-electron chi connectivity index (χ3n) is 1.84. The highest BCUT2D eigenvalue weighted by Gasteiger charge is 1.89. The van der Waals surface area contributed by atoms with Crippen LogP contribution >= 0.6 is 0 Å². The van der Waals surface area contributed by atoms with Crippen LogP contribution < -0.4 is 16.1 Å². The summed E-state index contributed by atoms with van der Waals surface area (Å²) in [6, 6.07) is 0. The summed E-state index contributed by atoms with van der Waals surface area (Å²) in [7, 11) is 1.77. The van der Waals surface area contributed by atoms with Gasteiger partial charge in [0.1, 0.15) is 0 Å². The molecule has 0 spiro atoms. The van der Waals surface area contributed by atoms with Gasteiger partial charge in [0.25, 0.3) is 0 Å². The maximum Gasteiger partial charge on any atom is 0.0694 e. The summed E-state index contributed by atoms with van der Waals surface area (Å²) in [4.78, 5) is 4.98. The fourth-order valence-electron chi connectivity index (χ4n) is 1.06. The van der Waals surface area contributed by atoms with Crippen molar-refractivity contribution >= 4 is 0 Å². The molecule has 0 bridgehead atoms. The van der Waals surface area contributed by atoms with Crippen molar-refractivity contribution in [3.63, 3.8) is 0 Å². The number of hydroxylamine groups is 1. The molecule has 0 saturated heterocycles. The Bertz CT molecular complexity index is 103. The van der Waals surface area contributed by atoms with Crippen molar-refractivity contribution in [2.45, 2.75) is 13.3 Å². The minimum Gasteiger partial charge on any atom is -0.379 e. The molecule has 0 amide bonds. The van der Waals surface area contributed by atoms with E-state index in [1.54, 1.807) is 7.05 Å². The molecular weight excluding hydrogens is 194 g/mol. The lowest BCUT2D eigenvalue weighted by molar-refractivity contribution is 0.0559. The molecular formula is C10H25N3O2. The Kier molecular flexibility index (Phi) is 13.6. The van der Waals surface area contributed by atoms with Crippen LogP contribution in [0.2, 0.25) is 0 Å². The first-order valence-electron chi connectivity index (χ1n) is 5.69. The molecule has 0 unspecified atom stereocenters. The Hall–Kier alpha value is -0.200. The van der Waals surface area contributed by atoms with Gasteiger partial charge in [0.2, 0.25) is 0 Å². The number of ether oxygens (including phenoxy) is 1. The molecule has 0 saturated carbocycles. The molecule has 92 valence electrons. The van der Waals surface area contributed by atoms with Crippen LogP contribution in [0.3, 0.4) is 0 Å². The third-order valence-corrected chi connectivity index (χ3v) is 1.84. The van der Waals surface area contributed by atoms with Crippen LogP contribution in [0.25, 0.3) is 0 Å². The highest BCUT2D eigenvalue weighted by Crippen LogP contribution is 1.77. The molecule has 0 fully saturated rings. The lowest BCUT2D eigenvalue weighted by Crippen LogP contribution is -2.25. The van der Waals surface area contributed by atoms with E-state index in [1.807, 2.05) is 0 Å². The van der Waals surface area contributed by atoms with Crippen LogP contribution in [-0.2, 0) is 9.57 Å². The third kappa shape index (κ3) is 13.8.